The molecule has 17 heavy (non-hydrogen) atoms. The molecule has 3 heteroatoms. The highest BCUT2D eigenvalue weighted by Gasteiger charge is 2.33. The van der Waals surface area contributed by atoms with Crippen molar-refractivity contribution >= 4 is 0 Å². The fraction of sp³-hybridized carbons (Fsp3) is 0.571. The van der Waals surface area contributed by atoms with Gasteiger partial charge in [-0.15, -0.1) is 0 Å². The molecule has 2 fully saturated rings. The van der Waals surface area contributed by atoms with Gasteiger partial charge in [0.2, 0.25) is 0 Å². The van der Waals surface area contributed by atoms with Gasteiger partial charge in [-0.2, -0.15) is 0 Å². The Morgan fingerprint density at radius 2 is 2.00 bits per heavy atom. The second-order valence-electron chi connectivity index (χ2n) is 5.23. The van der Waals surface area contributed by atoms with Crippen molar-refractivity contribution in [3.63, 3.8) is 0 Å². The SMILES string of the molecule is Cc1cccc(CN2CC3CCC(C2)O3)c1O. The lowest BCUT2D eigenvalue weighted by molar-refractivity contribution is -0.0412. The third-order valence-electron chi connectivity index (χ3n) is 3.83. The van der Waals surface area contributed by atoms with E-state index in [1.807, 2.05) is 25.1 Å². The zero-order chi connectivity index (χ0) is 11.8. The van der Waals surface area contributed by atoms with Gasteiger partial charge in [0.15, 0.2) is 0 Å². The van der Waals surface area contributed by atoms with Crippen molar-refractivity contribution in [2.75, 3.05) is 13.1 Å². The summed E-state index contributed by atoms with van der Waals surface area (Å²) < 4.78 is 5.81. The lowest BCUT2D eigenvalue weighted by Gasteiger charge is -2.32. The third kappa shape index (κ3) is 2.17. The third-order valence-corrected chi connectivity index (χ3v) is 3.83. The number of benzene rings is 1. The molecule has 0 saturated carbocycles. The Kier molecular flexibility index (Phi) is 2.81. The molecule has 2 atom stereocenters. The van der Waals surface area contributed by atoms with Gasteiger partial charge in [0, 0.05) is 25.2 Å². The maximum absolute atomic E-state index is 10.0. The van der Waals surface area contributed by atoms with E-state index in [0.29, 0.717) is 18.0 Å². The highest BCUT2D eigenvalue weighted by molar-refractivity contribution is 5.39. The minimum atomic E-state index is 0.417. The van der Waals surface area contributed by atoms with Gasteiger partial charge < -0.3 is 9.84 Å². The van der Waals surface area contributed by atoms with E-state index in [-0.39, 0.29) is 0 Å². The Labute approximate surface area is 102 Å². The summed E-state index contributed by atoms with van der Waals surface area (Å²) in [5.41, 5.74) is 1.99. The number of nitrogens with zero attached hydrogens (tertiary/aromatic N) is 1. The highest BCUT2D eigenvalue weighted by atomic mass is 16.5. The number of phenolic OH excluding ortho intramolecular Hbond substituents is 1. The van der Waals surface area contributed by atoms with Gasteiger partial charge in [-0.1, -0.05) is 18.2 Å². The number of aryl methyl sites for hydroxylation is 1. The number of rotatable bonds is 2. The molecular formula is C14H19NO2. The molecule has 3 nitrogen and oxygen atoms in total. The molecule has 2 saturated heterocycles. The molecular weight excluding hydrogens is 214 g/mol. The van der Waals surface area contributed by atoms with E-state index in [4.69, 9.17) is 4.74 Å². The number of morpholine rings is 1. The van der Waals surface area contributed by atoms with Gasteiger partial charge in [0.05, 0.1) is 12.2 Å². The van der Waals surface area contributed by atoms with E-state index in [0.717, 1.165) is 30.8 Å². The predicted molar refractivity (Wildman–Crippen MR) is 66.0 cm³/mol. The minimum Gasteiger partial charge on any atom is -0.507 e. The molecule has 0 radical (unpaired) electrons. The summed E-state index contributed by atoms with van der Waals surface area (Å²) in [7, 11) is 0. The molecule has 2 heterocycles. The van der Waals surface area contributed by atoms with Crippen molar-refractivity contribution in [3.05, 3.63) is 29.3 Å². The van der Waals surface area contributed by atoms with E-state index < -0.39 is 0 Å². The maximum Gasteiger partial charge on any atom is 0.122 e. The standard InChI is InChI=1S/C14H19NO2/c1-10-3-2-4-11(14(10)16)7-15-8-12-5-6-13(9-15)17-12/h2-4,12-13,16H,5-9H2,1H3. The Morgan fingerprint density at radius 1 is 1.29 bits per heavy atom. The van der Waals surface area contributed by atoms with Gasteiger partial charge in [-0.25, -0.2) is 0 Å². The van der Waals surface area contributed by atoms with Crippen LogP contribution in [0.1, 0.15) is 24.0 Å². The lowest BCUT2D eigenvalue weighted by atomic mass is 10.1. The number of hydrogen-bond acceptors (Lipinski definition) is 3. The molecule has 0 aliphatic carbocycles. The predicted octanol–water partition coefficient (Wildman–Crippen LogP) is 2.06. The average molecular weight is 233 g/mol. The number of aromatic hydroxyl groups is 1. The summed E-state index contributed by atoms with van der Waals surface area (Å²) >= 11 is 0. The Morgan fingerprint density at radius 3 is 2.71 bits per heavy atom. The monoisotopic (exact) mass is 233 g/mol. The molecule has 1 aromatic carbocycles. The topological polar surface area (TPSA) is 32.7 Å². The van der Waals surface area contributed by atoms with Crippen LogP contribution in [0.2, 0.25) is 0 Å². The van der Waals surface area contributed by atoms with Crippen molar-refractivity contribution < 1.29 is 9.84 Å². The fourth-order valence-electron chi connectivity index (χ4n) is 2.92. The van der Waals surface area contributed by atoms with Crippen LogP contribution in [0.3, 0.4) is 0 Å². The molecule has 2 aliphatic heterocycles. The number of likely N-dealkylation sites (tertiary alicyclic amines) is 1. The summed E-state index contributed by atoms with van der Waals surface area (Å²) in [6.45, 7) is 4.79. The van der Waals surface area contributed by atoms with E-state index in [2.05, 4.69) is 4.90 Å². The van der Waals surface area contributed by atoms with Crippen molar-refractivity contribution in [1.29, 1.82) is 0 Å². The highest BCUT2D eigenvalue weighted by Crippen LogP contribution is 2.29. The van der Waals surface area contributed by atoms with Gasteiger partial charge in [-0.3, -0.25) is 4.90 Å². The Bertz CT molecular complexity index is 407. The van der Waals surface area contributed by atoms with E-state index in [1.54, 1.807) is 0 Å². The van der Waals surface area contributed by atoms with E-state index >= 15 is 0 Å². The molecule has 2 unspecified atom stereocenters. The van der Waals surface area contributed by atoms with Crippen LogP contribution >= 0.6 is 0 Å². The number of ether oxygens (including phenoxy) is 1. The lowest BCUT2D eigenvalue weighted by Crippen LogP contribution is -2.41. The quantitative estimate of drug-likeness (QED) is 0.848. The van der Waals surface area contributed by atoms with Gasteiger partial charge in [0.25, 0.3) is 0 Å². The maximum atomic E-state index is 10.0. The van der Waals surface area contributed by atoms with Crippen LogP contribution in [0, 0.1) is 6.92 Å². The minimum absolute atomic E-state index is 0.417. The zero-order valence-corrected chi connectivity index (χ0v) is 10.2. The molecule has 1 aromatic rings. The summed E-state index contributed by atoms with van der Waals surface area (Å²) in [6, 6.07) is 5.97. The first-order chi connectivity index (χ1) is 8.22. The first-order valence-electron chi connectivity index (χ1n) is 6.37. The Balaban J connectivity index is 1.72. The zero-order valence-electron chi connectivity index (χ0n) is 10.2. The van der Waals surface area contributed by atoms with Crippen LogP contribution in [0.5, 0.6) is 5.75 Å². The molecule has 3 rings (SSSR count). The fourth-order valence-corrected chi connectivity index (χ4v) is 2.92. The largest absolute Gasteiger partial charge is 0.507 e. The number of fused-ring (bicyclic) bond motifs is 2. The van der Waals surface area contributed by atoms with E-state index in [1.165, 1.54) is 12.8 Å². The van der Waals surface area contributed by atoms with Crippen LogP contribution in [0.25, 0.3) is 0 Å². The van der Waals surface area contributed by atoms with Crippen LogP contribution in [0.15, 0.2) is 18.2 Å². The summed E-state index contributed by atoms with van der Waals surface area (Å²) in [4.78, 5) is 2.40. The summed E-state index contributed by atoms with van der Waals surface area (Å²) in [6.07, 6.45) is 3.23. The second-order valence-corrected chi connectivity index (χ2v) is 5.23. The second kappa shape index (κ2) is 4.31. The first-order valence-corrected chi connectivity index (χ1v) is 6.37. The van der Waals surface area contributed by atoms with Crippen LogP contribution in [0.4, 0.5) is 0 Å². The molecule has 2 aliphatic rings. The van der Waals surface area contributed by atoms with Gasteiger partial charge in [-0.05, 0) is 25.3 Å². The molecule has 92 valence electrons. The molecule has 1 N–H and O–H groups in total. The van der Waals surface area contributed by atoms with E-state index in [9.17, 15) is 5.11 Å². The average Bonchev–Trinajstić information content (AvgIpc) is 2.65. The van der Waals surface area contributed by atoms with Crippen molar-refractivity contribution in [1.82, 2.24) is 4.90 Å². The van der Waals surface area contributed by atoms with Crippen LogP contribution < -0.4 is 0 Å². The summed E-state index contributed by atoms with van der Waals surface area (Å²) in [5, 5.41) is 10.0. The Hall–Kier alpha value is -1.06. The van der Waals surface area contributed by atoms with Gasteiger partial charge >= 0.3 is 0 Å². The molecule has 0 amide bonds. The van der Waals surface area contributed by atoms with Crippen molar-refractivity contribution in [2.24, 2.45) is 0 Å². The van der Waals surface area contributed by atoms with Gasteiger partial charge in [0.1, 0.15) is 5.75 Å². The molecule has 0 aromatic heterocycles. The first kappa shape index (κ1) is 11.1. The molecule has 2 bridgehead atoms. The number of phenols is 1. The number of hydrogen-bond donors (Lipinski definition) is 1. The normalized spacial score (nSPS) is 28.5. The summed E-state index contributed by atoms with van der Waals surface area (Å²) in [5.74, 6) is 0.450. The van der Waals surface area contributed by atoms with Crippen molar-refractivity contribution in [3.8, 4) is 5.75 Å². The number of para-hydroxylation sites is 1. The van der Waals surface area contributed by atoms with Crippen LogP contribution in [-0.2, 0) is 11.3 Å². The molecule has 0 spiro atoms. The smallest absolute Gasteiger partial charge is 0.122 e. The van der Waals surface area contributed by atoms with Crippen LogP contribution in [-0.4, -0.2) is 35.3 Å². The van der Waals surface area contributed by atoms with Crippen molar-refractivity contribution in [2.45, 2.75) is 38.5 Å².